The number of aryl methyl sites for hydroxylation is 1. The van der Waals surface area contributed by atoms with Gasteiger partial charge >= 0.3 is 5.97 Å². The molecule has 0 saturated heterocycles. The summed E-state index contributed by atoms with van der Waals surface area (Å²) < 4.78 is 0. The van der Waals surface area contributed by atoms with Crippen LogP contribution >= 0.6 is 11.3 Å². The Balaban J connectivity index is 1.76. The summed E-state index contributed by atoms with van der Waals surface area (Å²) in [6.45, 7) is 1.83. The van der Waals surface area contributed by atoms with E-state index >= 15 is 0 Å². The van der Waals surface area contributed by atoms with E-state index in [4.69, 9.17) is 5.11 Å². The molecule has 0 bridgehead atoms. The van der Waals surface area contributed by atoms with Gasteiger partial charge < -0.3 is 15.5 Å². The van der Waals surface area contributed by atoms with Crippen LogP contribution < -0.4 is 15.9 Å². The van der Waals surface area contributed by atoms with Gasteiger partial charge in [-0.1, -0.05) is 35.6 Å². The fourth-order valence-corrected chi connectivity index (χ4v) is 3.74. The van der Waals surface area contributed by atoms with E-state index in [1.165, 1.54) is 12.1 Å². The molecule has 1 aromatic heterocycles. The number of nitrogens with one attached hydrogen (secondary N) is 1. The van der Waals surface area contributed by atoms with Crippen LogP contribution in [0.5, 0.6) is 5.88 Å². The van der Waals surface area contributed by atoms with Crippen molar-refractivity contribution in [1.29, 1.82) is 0 Å². The van der Waals surface area contributed by atoms with Gasteiger partial charge in [0, 0.05) is 10.9 Å². The number of hydrogen-bond acceptors (Lipinski definition) is 6. The smallest absolute Gasteiger partial charge is 0.335 e. The number of carbonyl (C=O) groups is 2. The van der Waals surface area contributed by atoms with Crippen molar-refractivity contribution in [2.24, 2.45) is 4.99 Å². The van der Waals surface area contributed by atoms with E-state index in [-0.39, 0.29) is 11.4 Å². The normalized spacial score (nSPS) is 12.6. The van der Waals surface area contributed by atoms with Crippen molar-refractivity contribution in [3.63, 3.8) is 0 Å². The molecule has 3 aromatic rings. The van der Waals surface area contributed by atoms with E-state index in [2.05, 4.69) is 15.3 Å². The number of anilines is 2. The van der Waals surface area contributed by atoms with E-state index < -0.39 is 11.9 Å². The summed E-state index contributed by atoms with van der Waals surface area (Å²) in [7, 11) is 0. The molecule has 134 valence electrons. The van der Waals surface area contributed by atoms with Gasteiger partial charge in [-0.2, -0.15) is 4.98 Å². The first-order valence-corrected chi connectivity index (χ1v) is 8.79. The van der Waals surface area contributed by atoms with Crippen LogP contribution in [-0.4, -0.2) is 27.1 Å². The van der Waals surface area contributed by atoms with Crippen molar-refractivity contribution < 1.29 is 19.8 Å². The molecule has 4 rings (SSSR count). The van der Waals surface area contributed by atoms with E-state index in [0.717, 1.165) is 16.9 Å². The average molecular weight is 379 g/mol. The van der Waals surface area contributed by atoms with Crippen LogP contribution in [0.15, 0.2) is 47.5 Å². The molecule has 27 heavy (non-hydrogen) atoms. The van der Waals surface area contributed by atoms with Crippen LogP contribution in [0.2, 0.25) is 0 Å². The number of aromatic carboxylic acids is 1. The Hall–Kier alpha value is -3.52. The molecule has 8 heteroatoms. The molecule has 2 aromatic carbocycles. The third-order valence-electron chi connectivity index (χ3n) is 4.17. The number of thiazole rings is 1. The number of rotatable bonds is 4. The number of aromatic hydroxyl groups is 1. The summed E-state index contributed by atoms with van der Waals surface area (Å²) in [5.74, 6) is -1.73. The first-order valence-electron chi connectivity index (χ1n) is 7.97. The van der Waals surface area contributed by atoms with Gasteiger partial charge in [-0.25, -0.2) is 9.79 Å². The van der Waals surface area contributed by atoms with E-state index in [0.29, 0.717) is 31.8 Å². The van der Waals surface area contributed by atoms with Gasteiger partial charge in [0.15, 0.2) is 5.13 Å². The number of carboxylic acid groups (broad SMARTS) is 1. The molecule has 7 nitrogen and oxygen atoms in total. The van der Waals surface area contributed by atoms with Crippen molar-refractivity contribution in [3.05, 3.63) is 69.0 Å². The molecule has 0 radical (unpaired) electrons. The van der Waals surface area contributed by atoms with Gasteiger partial charge in [-0.05, 0) is 30.7 Å². The lowest BCUT2D eigenvalue weighted by Crippen LogP contribution is -2.22. The maximum absolute atomic E-state index is 12.3. The number of para-hydroxylation sites is 1. The van der Waals surface area contributed by atoms with Gasteiger partial charge in [0.2, 0.25) is 5.88 Å². The lowest BCUT2D eigenvalue weighted by Gasteiger charge is -2.07. The number of fused-ring (bicyclic) bond motifs is 1. The molecule has 0 atom stereocenters. The highest BCUT2D eigenvalue weighted by Gasteiger charge is 2.24. The molecule has 1 aliphatic rings. The van der Waals surface area contributed by atoms with Crippen molar-refractivity contribution >= 4 is 39.6 Å². The van der Waals surface area contributed by atoms with Crippen molar-refractivity contribution in [3.8, 4) is 5.88 Å². The molecule has 1 amide bonds. The molecular formula is C19H13N3O4S. The minimum absolute atomic E-state index is 0.136. The second-order valence-electron chi connectivity index (χ2n) is 5.94. The highest BCUT2D eigenvalue weighted by molar-refractivity contribution is 7.17. The standard InChI is InChI=1S/C19H13N3O4S/c1-9-6-7-10(18(25)26)8-13(9)21-19-22-17(24)15(27-19)14-11-4-2-3-5-12(11)20-16(14)23/h2-8,24H,1H3,(H,21,22)(H,25,26). The van der Waals surface area contributed by atoms with Crippen LogP contribution in [0.25, 0.3) is 5.57 Å². The maximum atomic E-state index is 12.3. The Kier molecular flexibility index (Phi) is 3.97. The molecule has 3 N–H and O–H groups in total. The Morgan fingerprint density at radius 1 is 1.19 bits per heavy atom. The van der Waals surface area contributed by atoms with Gasteiger partial charge in [0.1, 0.15) is 4.88 Å². The second kappa shape index (κ2) is 6.33. The van der Waals surface area contributed by atoms with Crippen LogP contribution in [0.1, 0.15) is 20.8 Å². The fourth-order valence-electron chi connectivity index (χ4n) is 2.82. The Labute approximate surface area is 157 Å². The van der Waals surface area contributed by atoms with Crippen molar-refractivity contribution in [2.45, 2.75) is 6.92 Å². The summed E-state index contributed by atoms with van der Waals surface area (Å²) in [4.78, 5) is 31.9. The minimum Gasteiger partial charge on any atom is -0.492 e. The lowest BCUT2D eigenvalue weighted by atomic mass is 10.1. The lowest BCUT2D eigenvalue weighted by molar-refractivity contribution is -0.112. The highest BCUT2D eigenvalue weighted by Crippen LogP contribution is 2.35. The van der Waals surface area contributed by atoms with Crippen molar-refractivity contribution in [1.82, 2.24) is 4.98 Å². The van der Waals surface area contributed by atoms with Crippen molar-refractivity contribution in [2.75, 3.05) is 5.32 Å². The molecule has 0 aliphatic carbocycles. The van der Waals surface area contributed by atoms with Gasteiger partial charge in [-0.3, -0.25) is 4.79 Å². The highest BCUT2D eigenvalue weighted by atomic mass is 32.1. The summed E-state index contributed by atoms with van der Waals surface area (Å²) in [6.07, 6.45) is 0. The monoisotopic (exact) mass is 379 g/mol. The predicted molar refractivity (Wildman–Crippen MR) is 99.9 cm³/mol. The van der Waals surface area contributed by atoms with Crippen LogP contribution in [0.4, 0.5) is 10.8 Å². The van der Waals surface area contributed by atoms with Gasteiger partial charge in [0.05, 0.1) is 16.5 Å². The van der Waals surface area contributed by atoms with Crippen LogP contribution in [0.3, 0.4) is 0 Å². The molecule has 0 saturated carbocycles. The molecule has 0 spiro atoms. The topological polar surface area (TPSA) is 112 Å². The van der Waals surface area contributed by atoms with Crippen LogP contribution in [0, 0.1) is 6.92 Å². The third kappa shape index (κ3) is 2.96. The molecule has 2 heterocycles. The Bertz CT molecular complexity index is 1230. The molecular weight excluding hydrogens is 366 g/mol. The fraction of sp³-hybridized carbons (Fsp3) is 0.0526. The number of carbonyl (C=O) groups excluding carboxylic acids is 1. The SMILES string of the molecule is Cc1ccc(C(=O)O)cc1Nc1nc(O)c(C2=c3ccccc3=NC2=O)s1. The molecule has 1 aliphatic heterocycles. The second-order valence-corrected chi connectivity index (χ2v) is 6.94. The average Bonchev–Trinajstić information content (AvgIpc) is 3.14. The maximum Gasteiger partial charge on any atom is 0.335 e. The number of aromatic nitrogens is 1. The number of benzene rings is 2. The zero-order valence-electron chi connectivity index (χ0n) is 14.1. The number of hydrogen-bond donors (Lipinski definition) is 3. The van der Waals surface area contributed by atoms with E-state index in [1.807, 2.05) is 6.92 Å². The molecule has 0 fully saturated rings. The number of amides is 1. The number of nitrogens with zero attached hydrogens (tertiary/aromatic N) is 2. The molecule has 0 unspecified atom stereocenters. The zero-order chi connectivity index (χ0) is 19.1. The van der Waals surface area contributed by atoms with E-state index in [9.17, 15) is 14.7 Å². The predicted octanol–water partition coefficient (Wildman–Crippen LogP) is 1.96. The first-order chi connectivity index (χ1) is 12.9. The summed E-state index contributed by atoms with van der Waals surface area (Å²) in [5.41, 5.74) is 1.83. The van der Waals surface area contributed by atoms with Gasteiger partial charge in [-0.15, -0.1) is 0 Å². The zero-order valence-corrected chi connectivity index (χ0v) is 14.9. The quantitative estimate of drug-likeness (QED) is 0.639. The summed E-state index contributed by atoms with van der Waals surface area (Å²) in [6, 6.07) is 11.8. The largest absolute Gasteiger partial charge is 0.492 e. The summed E-state index contributed by atoms with van der Waals surface area (Å²) in [5, 5.41) is 24.0. The van der Waals surface area contributed by atoms with Crippen LogP contribution in [-0.2, 0) is 4.79 Å². The van der Waals surface area contributed by atoms with E-state index in [1.54, 1.807) is 30.3 Å². The number of carboxylic acids is 1. The Morgan fingerprint density at radius 3 is 2.74 bits per heavy atom. The van der Waals surface area contributed by atoms with Gasteiger partial charge in [0.25, 0.3) is 5.91 Å². The minimum atomic E-state index is -1.04. The summed E-state index contributed by atoms with van der Waals surface area (Å²) >= 11 is 1.10. The first kappa shape index (κ1) is 16.9. The Morgan fingerprint density at radius 2 is 1.96 bits per heavy atom. The third-order valence-corrected chi connectivity index (χ3v) is 5.15.